The van der Waals surface area contributed by atoms with Crippen LogP contribution < -0.4 is 21.7 Å². The molecule has 0 aliphatic carbocycles. The highest BCUT2D eigenvalue weighted by molar-refractivity contribution is 6.10. The van der Waals surface area contributed by atoms with Gasteiger partial charge in [-0.1, -0.05) is 58.0 Å². The number of carbonyl (C=O) groups excluding carboxylic acids is 6. The fourth-order valence-corrected chi connectivity index (χ4v) is 4.36. The van der Waals surface area contributed by atoms with E-state index in [1.165, 1.54) is 18.7 Å². The van der Waals surface area contributed by atoms with Crippen molar-refractivity contribution >= 4 is 35.3 Å². The number of rotatable bonds is 13. The smallest absolute Gasteiger partial charge is 0.369 e. The molecule has 3 atom stereocenters. The lowest BCUT2D eigenvalue weighted by Crippen LogP contribution is -2.60. The molecule has 5 amide bonds. The van der Waals surface area contributed by atoms with Crippen LogP contribution in [0, 0.1) is 11.8 Å². The third-order valence-corrected chi connectivity index (χ3v) is 6.56. The first kappa shape index (κ1) is 32.3. The Morgan fingerprint density at radius 1 is 0.975 bits per heavy atom. The maximum absolute atomic E-state index is 14.9. The van der Waals surface area contributed by atoms with Crippen LogP contribution in [-0.2, 0) is 35.3 Å². The van der Waals surface area contributed by atoms with E-state index in [2.05, 4.69) is 16.0 Å². The fraction of sp³-hybridized carbons (Fsp3) is 0.556. The van der Waals surface area contributed by atoms with Crippen molar-refractivity contribution in [1.82, 2.24) is 20.9 Å². The number of Topliss-reactive ketones (excluding diaryl/α,β-unsaturated/α-hetero) is 1. The number of amides is 5. The van der Waals surface area contributed by atoms with Crippen molar-refractivity contribution in [3.8, 4) is 0 Å². The number of halogens is 2. The van der Waals surface area contributed by atoms with Crippen LogP contribution in [0.25, 0.3) is 0 Å². The van der Waals surface area contributed by atoms with Crippen LogP contribution in [0.1, 0.15) is 52.5 Å². The second-order valence-electron chi connectivity index (χ2n) is 10.5. The predicted octanol–water partition coefficient (Wildman–Crippen LogP) is 0.655. The van der Waals surface area contributed by atoms with Gasteiger partial charge in [0.05, 0.1) is 6.04 Å². The van der Waals surface area contributed by atoms with Crippen LogP contribution in [0.5, 0.6) is 0 Å². The summed E-state index contributed by atoms with van der Waals surface area (Å²) >= 11 is 0. The quantitative estimate of drug-likeness (QED) is 0.256. The number of hydrogen-bond acceptors (Lipinski definition) is 6. The van der Waals surface area contributed by atoms with E-state index in [-0.39, 0.29) is 19.5 Å². The average Bonchev–Trinajstić information content (AvgIpc) is 3.38. The number of ketones is 1. The van der Waals surface area contributed by atoms with Crippen LogP contribution in [0.2, 0.25) is 0 Å². The Bertz CT molecular complexity index is 1110. The van der Waals surface area contributed by atoms with Crippen LogP contribution in [0.4, 0.5) is 8.78 Å². The summed E-state index contributed by atoms with van der Waals surface area (Å²) in [6.07, 6.45) is -0.00146. The molecule has 0 radical (unpaired) electrons. The molecule has 2 rings (SSSR count). The van der Waals surface area contributed by atoms with Gasteiger partial charge in [-0.05, 0) is 30.2 Å². The molecule has 0 aromatic heterocycles. The van der Waals surface area contributed by atoms with Crippen molar-refractivity contribution in [2.24, 2.45) is 17.6 Å². The summed E-state index contributed by atoms with van der Waals surface area (Å²) in [5.41, 5.74) is 5.60. The summed E-state index contributed by atoms with van der Waals surface area (Å²) in [6, 6.07) is 4.45. The number of nitrogens with one attached hydrogen (secondary N) is 3. The number of hydrogen-bond donors (Lipinski definition) is 4. The lowest BCUT2D eigenvalue weighted by Gasteiger charge is -2.32. The Hall–Kier alpha value is -3.90. The van der Waals surface area contributed by atoms with E-state index in [1.54, 1.807) is 44.2 Å². The summed E-state index contributed by atoms with van der Waals surface area (Å²) < 4.78 is 29.8. The highest BCUT2D eigenvalue weighted by atomic mass is 19.3. The molecule has 1 fully saturated rings. The number of alkyl halides is 2. The van der Waals surface area contributed by atoms with E-state index in [0.29, 0.717) is 12.0 Å². The molecular weight excluding hydrogens is 528 g/mol. The van der Waals surface area contributed by atoms with Gasteiger partial charge < -0.3 is 26.6 Å². The molecule has 1 aliphatic rings. The summed E-state index contributed by atoms with van der Waals surface area (Å²) in [4.78, 5) is 76.0. The minimum Gasteiger partial charge on any atom is -0.369 e. The highest BCUT2D eigenvalue weighted by Gasteiger charge is 2.51. The molecule has 0 spiro atoms. The molecule has 1 heterocycles. The van der Waals surface area contributed by atoms with Crippen molar-refractivity contribution < 1.29 is 37.5 Å². The van der Waals surface area contributed by atoms with E-state index in [4.69, 9.17) is 5.73 Å². The number of likely N-dealkylation sites (tertiary alicyclic amines) is 1. The van der Waals surface area contributed by atoms with Crippen molar-refractivity contribution in [1.29, 1.82) is 0 Å². The predicted molar refractivity (Wildman–Crippen MR) is 140 cm³/mol. The van der Waals surface area contributed by atoms with E-state index < -0.39 is 77.6 Å². The van der Waals surface area contributed by atoms with E-state index >= 15 is 0 Å². The Kier molecular flexibility index (Phi) is 11.3. The van der Waals surface area contributed by atoms with Crippen LogP contribution >= 0.6 is 0 Å². The molecular formula is C27H37F2N5O6. The van der Waals surface area contributed by atoms with Gasteiger partial charge in [-0.15, -0.1) is 0 Å². The maximum Gasteiger partial charge on any atom is 0.383 e. The zero-order valence-corrected chi connectivity index (χ0v) is 23.0. The maximum atomic E-state index is 14.9. The summed E-state index contributed by atoms with van der Waals surface area (Å²) in [5.74, 6) is -12.2. The van der Waals surface area contributed by atoms with Crippen molar-refractivity contribution in [3.63, 3.8) is 0 Å². The highest BCUT2D eigenvalue weighted by Crippen LogP contribution is 2.24. The van der Waals surface area contributed by atoms with Crippen molar-refractivity contribution in [2.45, 2.75) is 77.6 Å². The minimum absolute atomic E-state index is 0.157. The molecule has 0 bridgehead atoms. The standard InChI is InChI=1S/C27H37F2N5O6/c1-15(2)21(23(37)27(28,29)26(40)31-14-17-9-6-5-7-10-17)33-24(38)18-11-8-12-34(18)25(39)22(16(3)4)32-20(36)13-19(30)35/h5-7,9-10,15-16,18,21-22H,8,11-14H2,1-4H3,(H2,30,35)(H,31,40)(H,32,36)(H,33,38)/t18?,21-,22-/m0/s1. The van der Waals surface area contributed by atoms with Gasteiger partial charge in [-0.25, -0.2) is 0 Å². The number of primary amides is 1. The van der Waals surface area contributed by atoms with Crippen molar-refractivity contribution in [2.75, 3.05) is 6.54 Å². The summed E-state index contributed by atoms with van der Waals surface area (Å²) in [5, 5.41) is 6.83. The topological polar surface area (TPSA) is 168 Å². The molecule has 1 aliphatic heterocycles. The first-order valence-corrected chi connectivity index (χ1v) is 13.1. The summed E-state index contributed by atoms with van der Waals surface area (Å²) in [6.45, 7) is 6.16. The lowest BCUT2D eigenvalue weighted by molar-refractivity contribution is -0.161. The monoisotopic (exact) mass is 565 g/mol. The first-order valence-electron chi connectivity index (χ1n) is 13.1. The summed E-state index contributed by atoms with van der Waals surface area (Å²) in [7, 11) is 0. The van der Waals surface area contributed by atoms with Gasteiger partial charge in [0.15, 0.2) is 0 Å². The van der Waals surface area contributed by atoms with Gasteiger partial charge in [0.25, 0.3) is 5.91 Å². The molecule has 40 heavy (non-hydrogen) atoms. The largest absolute Gasteiger partial charge is 0.383 e. The molecule has 0 saturated carbocycles. The van der Waals surface area contributed by atoms with Gasteiger partial charge in [0, 0.05) is 13.1 Å². The van der Waals surface area contributed by atoms with Gasteiger partial charge in [-0.2, -0.15) is 8.78 Å². The molecule has 1 aromatic rings. The SMILES string of the molecule is CC(C)[C@H](NC(=O)CC(N)=O)C(=O)N1CCCC1C(=O)N[C@H](C(=O)C(F)(F)C(=O)NCc1ccccc1)C(C)C. The normalized spacial score (nSPS) is 16.8. The number of carbonyl (C=O) groups is 6. The number of nitrogens with two attached hydrogens (primary N) is 1. The van der Waals surface area contributed by atoms with Gasteiger partial charge in [0.1, 0.15) is 18.5 Å². The van der Waals surface area contributed by atoms with Gasteiger partial charge in [0.2, 0.25) is 29.4 Å². The Balaban J connectivity index is 2.14. The molecule has 1 aromatic carbocycles. The number of nitrogens with zero attached hydrogens (tertiary/aromatic N) is 1. The van der Waals surface area contributed by atoms with Crippen LogP contribution in [0.15, 0.2) is 30.3 Å². The minimum atomic E-state index is -4.42. The van der Waals surface area contributed by atoms with E-state index in [0.717, 1.165) is 0 Å². The third kappa shape index (κ3) is 8.30. The molecule has 220 valence electrons. The molecule has 1 unspecified atom stereocenters. The lowest BCUT2D eigenvalue weighted by atomic mass is 9.94. The Labute approximate surface area is 231 Å². The molecule has 5 N–H and O–H groups in total. The third-order valence-electron chi connectivity index (χ3n) is 6.56. The molecule has 11 nitrogen and oxygen atoms in total. The van der Waals surface area contributed by atoms with E-state index in [9.17, 15) is 37.5 Å². The second kappa shape index (κ2) is 13.9. The Morgan fingerprint density at radius 2 is 1.57 bits per heavy atom. The molecule has 13 heteroatoms. The zero-order valence-electron chi connectivity index (χ0n) is 23.0. The van der Waals surface area contributed by atoms with E-state index in [1.807, 2.05) is 0 Å². The zero-order chi connectivity index (χ0) is 30.2. The number of benzene rings is 1. The fourth-order valence-electron chi connectivity index (χ4n) is 4.36. The van der Waals surface area contributed by atoms with Crippen LogP contribution in [-0.4, -0.2) is 70.8 Å². The van der Waals surface area contributed by atoms with Gasteiger partial charge in [-0.3, -0.25) is 28.8 Å². The van der Waals surface area contributed by atoms with Crippen molar-refractivity contribution in [3.05, 3.63) is 35.9 Å². The first-order chi connectivity index (χ1) is 18.7. The van der Waals surface area contributed by atoms with Gasteiger partial charge >= 0.3 is 5.92 Å². The average molecular weight is 566 g/mol. The molecule has 1 saturated heterocycles. The Morgan fingerprint density at radius 3 is 2.12 bits per heavy atom. The van der Waals surface area contributed by atoms with Crippen LogP contribution in [0.3, 0.4) is 0 Å². The second-order valence-corrected chi connectivity index (χ2v) is 10.5.